The van der Waals surface area contributed by atoms with Gasteiger partial charge in [-0.05, 0) is 48.7 Å². The first-order valence-electron chi connectivity index (χ1n) is 9.42. The minimum Gasteiger partial charge on any atom is -0.491 e. The SMILES string of the molecule is O=C1CCc2cc(S(=O)(=O)NCCCOc3cccc4cccnc34)ccc2N1. The van der Waals surface area contributed by atoms with Crippen molar-refractivity contribution in [1.82, 2.24) is 9.71 Å². The first-order chi connectivity index (χ1) is 14.0. The van der Waals surface area contributed by atoms with Crippen molar-refractivity contribution in [2.45, 2.75) is 24.2 Å². The summed E-state index contributed by atoms with van der Waals surface area (Å²) in [5, 5.41) is 3.75. The van der Waals surface area contributed by atoms with Crippen LogP contribution in [0.3, 0.4) is 0 Å². The van der Waals surface area contributed by atoms with Crippen LogP contribution in [-0.4, -0.2) is 32.5 Å². The standard InChI is InChI=1S/C21H21N3O4S/c25-20-10-7-16-14-17(8-9-18(16)24-20)29(26,27)23-12-3-13-28-19-6-1-4-15-5-2-11-22-21(15)19/h1-2,4-6,8-9,11,14,23H,3,7,10,12-13H2,(H,24,25). The van der Waals surface area contributed by atoms with Crippen LogP contribution in [0.1, 0.15) is 18.4 Å². The minimum absolute atomic E-state index is 0.0485. The molecule has 8 heteroatoms. The number of aryl methyl sites for hydroxylation is 1. The highest BCUT2D eigenvalue weighted by molar-refractivity contribution is 7.89. The number of aromatic nitrogens is 1. The van der Waals surface area contributed by atoms with Crippen molar-refractivity contribution in [3.8, 4) is 5.75 Å². The molecule has 2 aromatic carbocycles. The molecule has 0 bridgehead atoms. The van der Waals surface area contributed by atoms with Gasteiger partial charge in [-0.3, -0.25) is 9.78 Å². The van der Waals surface area contributed by atoms with Crippen molar-refractivity contribution in [1.29, 1.82) is 0 Å². The van der Waals surface area contributed by atoms with E-state index in [1.54, 1.807) is 18.3 Å². The number of sulfonamides is 1. The molecule has 0 unspecified atom stereocenters. The van der Waals surface area contributed by atoms with Gasteiger partial charge in [-0.25, -0.2) is 13.1 Å². The lowest BCUT2D eigenvalue weighted by molar-refractivity contribution is -0.116. The number of anilines is 1. The normalized spacial score (nSPS) is 13.7. The number of benzene rings is 2. The number of fused-ring (bicyclic) bond motifs is 2. The van der Waals surface area contributed by atoms with Gasteiger partial charge in [0.2, 0.25) is 15.9 Å². The summed E-state index contributed by atoms with van der Waals surface area (Å²) in [5.74, 6) is 0.635. The summed E-state index contributed by atoms with van der Waals surface area (Å²) in [4.78, 5) is 16.0. The van der Waals surface area contributed by atoms with Crippen LogP contribution in [0.2, 0.25) is 0 Å². The Labute approximate surface area is 169 Å². The molecular formula is C21H21N3O4S. The third-order valence-corrected chi connectivity index (χ3v) is 6.21. The van der Waals surface area contributed by atoms with Gasteiger partial charge in [0.05, 0.1) is 11.5 Å². The Hall–Kier alpha value is -2.97. The van der Waals surface area contributed by atoms with Gasteiger partial charge in [-0.2, -0.15) is 0 Å². The van der Waals surface area contributed by atoms with Crippen molar-refractivity contribution in [3.05, 3.63) is 60.3 Å². The number of ether oxygens (including phenoxy) is 1. The number of hydrogen-bond donors (Lipinski definition) is 2. The van der Waals surface area contributed by atoms with Crippen LogP contribution in [0, 0.1) is 0 Å². The zero-order valence-electron chi connectivity index (χ0n) is 15.7. The highest BCUT2D eigenvalue weighted by Crippen LogP contribution is 2.25. The fourth-order valence-corrected chi connectivity index (χ4v) is 4.39. The van der Waals surface area contributed by atoms with Gasteiger partial charge in [0, 0.05) is 30.2 Å². The molecule has 1 amide bonds. The molecule has 4 rings (SSSR count). The molecule has 0 spiro atoms. The number of nitrogens with zero attached hydrogens (tertiary/aromatic N) is 1. The number of nitrogens with one attached hydrogen (secondary N) is 2. The molecule has 150 valence electrons. The maximum atomic E-state index is 12.5. The molecule has 3 aromatic rings. The lowest BCUT2D eigenvalue weighted by Crippen LogP contribution is -2.26. The Balaban J connectivity index is 1.32. The fraction of sp³-hybridized carbons (Fsp3) is 0.238. The molecule has 1 aliphatic heterocycles. The van der Waals surface area contributed by atoms with Crippen LogP contribution in [0.4, 0.5) is 5.69 Å². The smallest absolute Gasteiger partial charge is 0.240 e. The van der Waals surface area contributed by atoms with Crippen LogP contribution in [0.25, 0.3) is 10.9 Å². The fourth-order valence-electron chi connectivity index (χ4n) is 3.26. The van der Waals surface area contributed by atoms with Crippen LogP contribution in [0.5, 0.6) is 5.75 Å². The van der Waals surface area contributed by atoms with E-state index >= 15 is 0 Å². The van der Waals surface area contributed by atoms with Crippen LogP contribution in [-0.2, 0) is 21.2 Å². The molecule has 2 N–H and O–H groups in total. The quantitative estimate of drug-likeness (QED) is 0.583. The second kappa shape index (κ2) is 8.18. The Kier molecular flexibility index (Phi) is 5.46. The summed E-state index contributed by atoms with van der Waals surface area (Å²) in [7, 11) is -3.62. The third kappa shape index (κ3) is 4.38. The largest absolute Gasteiger partial charge is 0.491 e. The summed E-state index contributed by atoms with van der Waals surface area (Å²) < 4.78 is 33.5. The molecule has 7 nitrogen and oxygen atoms in total. The Morgan fingerprint density at radius 3 is 2.86 bits per heavy atom. The number of pyridine rings is 1. The monoisotopic (exact) mass is 411 g/mol. The summed E-state index contributed by atoms with van der Waals surface area (Å²) in [6.07, 6.45) is 3.14. The van der Waals surface area contributed by atoms with E-state index in [0.717, 1.165) is 16.5 Å². The average molecular weight is 411 g/mol. The second-order valence-corrected chi connectivity index (χ2v) is 8.57. The van der Waals surface area contributed by atoms with Crippen LogP contribution < -0.4 is 14.8 Å². The molecule has 0 saturated carbocycles. The summed E-state index contributed by atoms with van der Waals surface area (Å²) in [5.41, 5.74) is 2.30. The number of carbonyl (C=O) groups excluding carboxylic acids is 1. The predicted octanol–water partition coefficient (Wildman–Crippen LogP) is 2.87. The van der Waals surface area contributed by atoms with E-state index in [1.807, 2.05) is 30.3 Å². The molecule has 0 radical (unpaired) electrons. The first-order valence-corrected chi connectivity index (χ1v) is 10.9. The van der Waals surface area contributed by atoms with Gasteiger partial charge in [0.25, 0.3) is 0 Å². The summed E-state index contributed by atoms with van der Waals surface area (Å²) in [6.45, 7) is 0.628. The Morgan fingerprint density at radius 2 is 1.97 bits per heavy atom. The average Bonchev–Trinajstić information content (AvgIpc) is 2.73. The van der Waals surface area contributed by atoms with Gasteiger partial charge < -0.3 is 10.1 Å². The van der Waals surface area contributed by atoms with E-state index in [0.29, 0.717) is 37.3 Å². The summed E-state index contributed by atoms with van der Waals surface area (Å²) in [6, 6.07) is 14.3. The third-order valence-electron chi connectivity index (χ3n) is 4.75. The number of hydrogen-bond acceptors (Lipinski definition) is 5. The molecule has 2 heterocycles. The van der Waals surface area contributed by atoms with Crippen molar-refractivity contribution in [2.24, 2.45) is 0 Å². The van der Waals surface area contributed by atoms with Gasteiger partial charge in [-0.1, -0.05) is 18.2 Å². The molecule has 0 saturated heterocycles. The zero-order valence-corrected chi connectivity index (χ0v) is 16.5. The van der Waals surface area contributed by atoms with Crippen molar-refractivity contribution >= 4 is 32.5 Å². The molecule has 0 aliphatic carbocycles. The zero-order chi connectivity index (χ0) is 20.3. The molecular weight excluding hydrogens is 390 g/mol. The summed E-state index contributed by atoms with van der Waals surface area (Å²) >= 11 is 0. The van der Waals surface area contributed by atoms with E-state index in [4.69, 9.17) is 4.74 Å². The minimum atomic E-state index is -3.62. The van der Waals surface area contributed by atoms with Crippen molar-refractivity contribution in [2.75, 3.05) is 18.5 Å². The van der Waals surface area contributed by atoms with Gasteiger partial charge in [0.1, 0.15) is 11.3 Å². The van der Waals surface area contributed by atoms with Gasteiger partial charge in [0.15, 0.2) is 0 Å². The second-order valence-electron chi connectivity index (χ2n) is 6.80. The number of amides is 1. The van der Waals surface area contributed by atoms with Crippen LogP contribution >= 0.6 is 0 Å². The Morgan fingerprint density at radius 1 is 1.10 bits per heavy atom. The van der Waals surface area contributed by atoms with Gasteiger partial charge in [-0.15, -0.1) is 0 Å². The van der Waals surface area contributed by atoms with E-state index in [2.05, 4.69) is 15.0 Å². The number of para-hydroxylation sites is 1. The molecule has 29 heavy (non-hydrogen) atoms. The maximum absolute atomic E-state index is 12.5. The topological polar surface area (TPSA) is 97.4 Å². The van der Waals surface area contributed by atoms with Gasteiger partial charge >= 0.3 is 0 Å². The molecule has 0 atom stereocenters. The van der Waals surface area contributed by atoms with Crippen LogP contribution in [0.15, 0.2) is 59.6 Å². The molecule has 0 fully saturated rings. The molecule has 1 aliphatic rings. The lowest BCUT2D eigenvalue weighted by Gasteiger charge is -2.17. The predicted molar refractivity (Wildman–Crippen MR) is 110 cm³/mol. The lowest BCUT2D eigenvalue weighted by atomic mass is 10.0. The number of rotatable bonds is 7. The van der Waals surface area contributed by atoms with Crippen molar-refractivity contribution < 1.29 is 17.9 Å². The number of carbonyl (C=O) groups is 1. The van der Waals surface area contributed by atoms with E-state index in [-0.39, 0.29) is 17.3 Å². The highest BCUT2D eigenvalue weighted by Gasteiger charge is 2.19. The van der Waals surface area contributed by atoms with E-state index in [1.165, 1.54) is 6.07 Å². The van der Waals surface area contributed by atoms with E-state index < -0.39 is 10.0 Å². The highest BCUT2D eigenvalue weighted by atomic mass is 32.2. The first kappa shape index (κ1) is 19.4. The Bertz CT molecular complexity index is 1160. The van der Waals surface area contributed by atoms with Crippen molar-refractivity contribution in [3.63, 3.8) is 0 Å². The maximum Gasteiger partial charge on any atom is 0.240 e. The molecule has 1 aromatic heterocycles. The van der Waals surface area contributed by atoms with E-state index in [9.17, 15) is 13.2 Å².